The van der Waals surface area contributed by atoms with Crippen molar-refractivity contribution in [1.82, 2.24) is 14.7 Å². The molecule has 4 aliphatic rings. The van der Waals surface area contributed by atoms with Gasteiger partial charge in [-0.2, -0.15) is 0 Å². The van der Waals surface area contributed by atoms with Crippen LogP contribution in [0, 0.1) is 11.6 Å². The Hall–Kier alpha value is -4.24. The van der Waals surface area contributed by atoms with E-state index in [0.717, 1.165) is 22.1 Å². The fourth-order valence-electron chi connectivity index (χ4n) is 7.22. The molecule has 2 aromatic heterocycles. The van der Waals surface area contributed by atoms with Crippen molar-refractivity contribution in [1.29, 1.82) is 0 Å². The Kier molecular flexibility index (Phi) is 8.05. The molecule has 2 aromatic carbocycles. The Balaban J connectivity index is 1.35. The van der Waals surface area contributed by atoms with E-state index in [-0.39, 0.29) is 37.6 Å². The number of thiophene rings is 1. The molecule has 0 spiro atoms. The van der Waals surface area contributed by atoms with Gasteiger partial charge < -0.3 is 0 Å². The fourth-order valence-corrected chi connectivity index (χ4v) is 10.2. The summed E-state index contributed by atoms with van der Waals surface area (Å²) in [7, 11) is -3.38. The molecule has 1 saturated heterocycles. The van der Waals surface area contributed by atoms with Gasteiger partial charge in [0.05, 0.1) is 0 Å². The second-order valence-electron chi connectivity index (χ2n) is 12.4. The van der Waals surface area contributed by atoms with Crippen molar-refractivity contribution in [2.24, 2.45) is 0 Å². The Morgan fingerprint density at radius 2 is 1.92 bits per heavy atom. The molecule has 4 aromatic rings. The third kappa shape index (κ3) is 5.06. The van der Waals surface area contributed by atoms with Crippen LogP contribution in [0.3, 0.4) is 0 Å². The SMILES string of the molecule is CCO[PH](O)(NC1(C(=O)OC)CC1)Oc1c2n(ccc1=O)N([C@@H]1c3ccccc3-c3sccc3-c3c1ccc(F)c3F)[C@@H]1COCCN1C2=O. The Labute approximate surface area is 289 Å². The van der Waals surface area contributed by atoms with Crippen molar-refractivity contribution in [3.63, 3.8) is 0 Å². The molecule has 2 N–H and O–H groups in total. The molecule has 2 atom stereocenters. The van der Waals surface area contributed by atoms with Crippen LogP contribution in [0.4, 0.5) is 8.78 Å². The Morgan fingerprint density at radius 1 is 1.12 bits per heavy atom. The molecule has 262 valence electrons. The molecule has 2 fully saturated rings. The van der Waals surface area contributed by atoms with Crippen LogP contribution >= 0.6 is 19.4 Å². The average molecular weight is 727 g/mol. The minimum atomic E-state index is -4.61. The molecule has 12 nitrogen and oxygen atoms in total. The maximum absolute atomic E-state index is 16.0. The summed E-state index contributed by atoms with van der Waals surface area (Å²) in [4.78, 5) is 54.8. The van der Waals surface area contributed by atoms with Crippen molar-refractivity contribution in [3.05, 3.63) is 98.8 Å². The van der Waals surface area contributed by atoms with Gasteiger partial charge in [-0.25, -0.2) is 0 Å². The minimum absolute atomic E-state index is 0.0448. The van der Waals surface area contributed by atoms with Crippen LogP contribution in [0.25, 0.3) is 21.6 Å². The number of hydrogen-bond donors (Lipinski definition) is 2. The second kappa shape index (κ2) is 12.2. The van der Waals surface area contributed by atoms with Crippen LogP contribution in [-0.2, 0) is 18.8 Å². The van der Waals surface area contributed by atoms with Gasteiger partial charge in [0.2, 0.25) is 0 Å². The number of hydrogen-bond acceptors (Lipinski definition) is 11. The van der Waals surface area contributed by atoms with E-state index in [1.165, 1.54) is 35.4 Å². The normalized spacial score (nSPS) is 20.5. The molecule has 4 heterocycles. The topological polar surface area (TPSA) is 132 Å². The number of methoxy groups -OCH3 is 1. The number of fused-ring (bicyclic) bond motifs is 7. The molecule has 0 radical (unpaired) electrons. The first-order valence-corrected chi connectivity index (χ1v) is 18.8. The number of nitrogens with zero attached hydrogens (tertiary/aromatic N) is 3. The summed E-state index contributed by atoms with van der Waals surface area (Å²) in [5.41, 5.74) is 0.368. The predicted molar refractivity (Wildman–Crippen MR) is 181 cm³/mol. The van der Waals surface area contributed by atoms with Gasteiger partial charge in [0, 0.05) is 0 Å². The maximum atomic E-state index is 16.0. The van der Waals surface area contributed by atoms with Gasteiger partial charge in [0.15, 0.2) is 0 Å². The number of amides is 1. The van der Waals surface area contributed by atoms with E-state index in [0.29, 0.717) is 24.0 Å². The van der Waals surface area contributed by atoms with E-state index in [2.05, 4.69) is 5.09 Å². The summed E-state index contributed by atoms with van der Waals surface area (Å²) in [5.74, 6) is -3.70. The van der Waals surface area contributed by atoms with Crippen LogP contribution in [0.15, 0.2) is 64.9 Å². The van der Waals surface area contributed by atoms with E-state index in [4.69, 9.17) is 18.5 Å². The zero-order valence-electron chi connectivity index (χ0n) is 27.0. The Morgan fingerprint density at radius 3 is 2.68 bits per heavy atom. The van der Waals surface area contributed by atoms with E-state index in [1.54, 1.807) is 29.0 Å². The van der Waals surface area contributed by atoms with Crippen LogP contribution < -0.4 is 20.0 Å². The molecule has 16 heteroatoms. The summed E-state index contributed by atoms with van der Waals surface area (Å²) in [6, 6.07) is 12.3. The molecule has 1 amide bonds. The molecule has 0 bridgehead atoms. The first-order chi connectivity index (χ1) is 24.1. The molecule has 0 unspecified atom stereocenters. The first-order valence-electron chi connectivity index (χ1n) is 16.1. The number of morpholine rings is 1. The molecule has 2 aliphatic heterocycles. The van der Waals surface area contributed by atoms with Gasteiger partial charge in [-0.3, -0.25) is 0 Å². The predicted octanol–water partition coefficient (Wildman–Crippen LogP) is 4.49. The van der Waals surface area contributed by atoms with Gasteiger partial charge in [-0.05, 0) is 0 Å². The van der Waals surface area contributed by atoms with Crippen molar-refractivity contribution >= 4 is 31.3 Å². The number of ether oxygens (including phenoxy) is 2. The van der Waals surface area contributed by atoms with E-state index >= 15 is 8.78 Å². The van der Waals surface area contributed by atoms with E-state index in [1.807, 2.05) is 29.6 Å². The van der Waals surface area contributed by atoms with Gasteiger partial charge in [0.1, 0.15) is 0 Å². The molecule has 2 aliphatic carbocycles. The second-order valence-corrected chi connectivity index (χ2v) is 15.3. The standard InChI is InChI=1S/C34H33F2N4O8PS/c1-3-47-49(44,37-34(12-13-34)33(43)45-2)48-30-24(41)10-14-39-29(30)32(42)38-15-16-46-18-25(38)40(39)28-19-6-4-5-7-20(19)31-22(11-17-50-31)26-21(28)8-9-23(35)27(26)36/h4-11,14,17,25,28,37,44,49H,3,12-13,15-16,18H2,1-2H3/t25-,28-/m1/s1. The number of carbonyl (C=O) groups excluding carboxylic acids is 2. The molecular formula is C34H33F2N4O8PS. The fraction of sp³-hybridized carbons (Fsp3) is 0.324. The van der Waals surface area contributed by atoms with Crippen molar-refractivity contribution in [3.8, 4) is 27.3 Å². The number of esters is 1. The summed E-state index contributed by atoms with van der Waals surface area (Å²) in [6.07, 6.45) is 1.33. The van der Waals surface area contributed by atoms with E-state index < -0.39 is 60.5 Å². The number of aromatic nitrogens is 1. The molecule has 8 rings (SSSR count). The third-order valence-corrected chi connectivity index (χ3v) is 12.5. The molecule has 1 saturated carbocycles. The van der Waals surface area contributed by atoms with Crippen molar-refractivity contribution in [2.75, 3.05) is 38.5 Å². The van der Waals surface area contributed by atoms with E-state index in [9.17, 15) is 19.3 Å². The zero-order chi connectivity index (χ0) is 34.9. The molecule has 50 heavy (non-hydrogen) atoms. The summed E-state index contributed by atoms with van der Waals surface area (Å²) in [5, 5.41) is 6.44. The summed E-state index contributed by atoms with van der Waals surface area (Å²) < 4.78 is 55.1. The number of pyridine rings is 1. The van der Waals surface area contributed by atoms with Gasteiger partial charge in [0.25, 0.3) is 0 Å². The first kappa shape index (κ1) is 32.9. The monoisotopic (exact) mass is 726 g/mol. The van der Waals surface area contributed by atoms with Gasteiger partial charge in [-0.1, -0.05) is 0 Å². The zero-order valence-corrected chi connectivity index (χ0v) is 28.8. The van der Waals surface area contributed by atoms with Crippen molar-refractivity contribution < 1.29 is 41.8 Å². The molecular weight excluding hydrogens is 693 g/mol. The quantitative estimate of drug-likeness (QED) is 0.198. The van der Waals surface area contributed by atoms with Crippen LogP contribution in [0.2, 0.25) is 0 Å². The summed E-state index contributed by atoms with van der Waals surface area (Å²) in [6.45, 7) is 1.98. The van der Waals surface area contributed by atoms with Gasteiger partial charge in [-0.15, -0.1) is 0 Å². The number of halogens is 2. The third-order valence-electron chi connectivity index (χ3n) is 9.58. The van der Waals surface area contributed by atoms with Crippen LogP contribution in [0.5, 0.6) is 5.75 Å². The Bertz CT molecular complexity index is 2110. The summed E-state index contributed by atoms with van der Waals surface area (Å²) >= 11 is 1.40. The number of nitrogens with one attached hydrogen (secondary N) is 1. The van der Waals surface area contributed by atoms with Crippen molar-refractivity contribution in [2.45, 2.75) is 37.5 Å². The number of carbonyl (C=O) groups is 2. The average Bonchev–Trinajstić information content (AvgIpc) is 3.76. The number of rotatable bonds is 8. The number of benzene rings is 2. The van der Waals surface area contributed by atoms with Crippen LogP contribution in [-0.4, -0.2) is 71.5 Å². The van der Waals surface area contributed by atoms with Gasteiger partial charge >= 0.3 is 290 Å². The van der Waals surface area contributed by atoms with Crippen LogP contribution in [0.1, 0.15) is 47.4 Å².